The topological polar surface area (TPSA) is 79.4 Å². The molecular formula is C16H14ClN3O3. The van der Waals surface area contributed by atoms with Gasteiger partial charge in [-0.2, -0.15) is 4.73 Å². The van der Waals surface area contributed by atoms with Crippen molar-refractivity contribution in [3.8, 4) is 17.1 Å². The number of nitrogens with zero attached hydrogens (tertiary/aromatic N) is 2. The first-order chi connectivity index (χ1) is 11.1. The van der Waals surface area contributed by atoms with Crippen LogP contribution < -0.4 is 15.3 Å². The molecule has 1 heterocycles. The van der Waals surface area contributed by atoms with Crippen molar-refractivity contribution in [1.82, 2.24) is 9.71 Å². The second-order valence-corrected chi connectivity index (χ2v) is 5.27. The molecule has 0 aliphatic rings. The summed E-state index contributed by atoms with van der Waals surface area (Å²) in [7, 11) is 1.60. The van der Waals surface area contributed by atoms with Crippen LogP contribution in [0.5, 0.6) is 5.75 Å². The van der Waals surface area contributed by atoms with E-state index >= 15 is 0 Å². The van der Waals surface area contributed by atoms with Crippen LogP contribution in [-0.4, -0.2) is 29.3 Å². The van der Waals surface area contributed by atoms with Gasteiger partial charge < -0.3 is 15.3 Å². The molecule has 0 saturated heterocycles. The maximum absolute atomic E-state index is 11.0. The molecule has 2 aromatic carbocycles. The highest BCUT2D eigenvalue weighted by atomic mass is 35.5. The number of amides is 1. The number of rotatable bonds is 5. The lowest BCUT2D eigenvalue weighted by atomic mass is 10.2. The van der Waals surface area contributed by atoms with Gasteiger partial charge in [0.05, 0.1) is 12.6 Å². The van der Waals surface area contributed by atoms with Crippen LogP contribution in [0.4, 0.5) is 0 Å². The Kier molecular flexibility index (Phi) is 4.08. The van der Waals surface area contributed by atoms with Crippen LogP contribution in [0.3, 0.4) is 0 Å². The van der Waals surface area contributed by atoms with E-state index < -0.39 is 5.91 Å². The minimum atomic E-state index is -0.574. The Hall–Kier alpha value is -2.73. The van der Waals surface area contributed by atoms with Crippen molar-refractivity contribution in [2.24, 2.45) is 5.73 Å². The van der Waals surface area contributed by atoms with Crippen LogP contribution in [0.2, 0.25) is 5.02 Å². The third kappa shape index (κ3) is 3.07. The Morgan fingerprint density at radius 1 is 1.26 bits per heavy atom. The van der Waals surface area contributed by atoms with Crippen LogP contribution in [0.1, 0.15) is 0 Å². The van der Waals surface area contributed by atoms with Gasteiger partial charge in [0.2, 0.25) is 0 Å². The van der Waals surface area contributed by atoms with Crippen LogP contribution in [0.15, 0.2) is 42.5 Å². The number of methoxy groups -OCH3 is 1. The van der Waals surface area contributed by atoms with E-state index in [0.717, 1.165) is 11.3 Å². The van der Waals surface area contributed by atoms with Gasteiger partial charge in [0.25, 0.3) is 5.91 Å². The summed E-state index contributed by atoms with van der Waals surface area (Å²) in [6.07, 6.45) is 0. The molecule has 2 N–H and O–H groups in total. The Labute approximate surface area is 137 Å². The molecule has 0 radical (unpaired) electrons. The van der Waals surface area contributed by atoms with E-state index in [4.69, 9.17) is 26.9 Å². The smallest absolute Gasteiger partial charge is 0.258 e. The fourth-order valence-electron chi connectivity index (χ4n) is 2.21. The van der Waals surface area contributed by atoms with Crippen molar-refractivity contribution in [3.63, 3.8) is 0 Å². The van der Waals surface area contributed by atoms with E-state index in [-0.39, 0.29) is 6.61 Å². The Balaban J connectivity index is 2.13. The summed E-state index contributed by atoms with van der Waals surface area (Å²) in [5.41, 5.74) is 7.33. The lowest BCUT2D eigenvalue weighted by Gasteiger charge is -2.10. The van der Waals surface area contributed by atoms with Gasteiger partial charge >= 0.3 is 0 Å². The number of carbonyl (C=O) groups is 1. The van der Waals surface area contributed by atoms with Crippen molar-refractivity contribution in [1.29, 1.82) is 0 Å². The van der Waals surface area contributed by atoms with Crippen molar-refractivity contribution in [3.05, 3.63) is 47.5 Å². The fraction of sp³-hybridized carbons (Fsp3) is 0.125. The number of nitrogens with two attached hydrogens (primary N) is 1. The number of imidazole rings is 1. The molecule has 7 heteroatoms. The predicted molar refractivity (Wildman–Crippen MR) is 87.4 cm³/mol. The molecule has 0 atom stereocenters. The average molecular weight is 332 g/mol. The zero-order chi connectivity index (χ0) is 16.4. The van der Waals surface area contributed by atoms with E-state index in [0.29, 0.717) is 21.9 Å². The molecule has 118 valence electrons. The molecule has 23 heavy (non-hydrogen) atoms. The third-order valence-corrected chi connectivity index (χ3v) is 3.49. The summed E-state index contributed by atoms with van der Waals surface area (Å²) in [4.78, 5) is 21.1. The first kappa shape index (κ1) is 15.2. The molecule has 3 aromatic rings. The minimum Gasteiger partial charge on any atom is -0.497 e. The van der Waals surface area contributed by atoms with Gasteiger partial charge in [-0.25, -0.2) is 4.98 Å². The lowest BCUT2D eigenvalue weighted by molar-refractivity contribution is -0.122. The highest BCUT2D eigenvalue weighted by Crippen LogP contribution is 2.27. The number of hydrogen-bond donors (Lipinski definition) is 1. The van der Waals surface area contributed by atoms with E-state index in [1.165, 1.54) is 4.73 Å². The number of primary amides is 1. The number of hydrogen-bond acceptors (Lipinski definition) is 4. The van der Waals surface area contributed by atoms with Gasteiger partial charge in [0, 0.05) is 10.6 Å². The minimum absolute atomic E-state index is 0.263. The molecule has 0 unspecified atom stereocenters. The Morgan fingerprint density at radius 2 is 2.00 bits per heavy atom. The average Bonchev–Trinajstić information content (AvgIpc) is 2.90. The predicted octanol–water partition coefficient (Wildman–Crippen LogP) is 2.28. The van der Waals surface area contributed by atoms with Crippen LogP contribution in [0.25, 0.3) is 22.4 Å². The lowest BCUT2D eigenvalue weighted by Crippen LogP contribution is -2.26. The summed E-state index contributed by atoms with van der Waals surface area (Å²) >= 11 is 6.04. The molecule has 1 aromatic heterocycles. The largest absolute Gasteiger partial charge is 0.497 e. The number of halogens is 1. The molecule has 0 spiro atoms. The highest BCUT2D eigenvalue weighted by molar-refractivity contribution is 6.31. The maximum Gasteiger partial charge on any atom is 0.258 e. The number of carbonyl (C=O) groups excluding carboxylic acids is 1. The van der Waals surface area contributed by atoms with Gasteiger partial charge in [-0.05, 0) is 42.5 Å². The van der Waals surface area contributed by atoms with Gasteiger partial charge in [-0.1, -0.05) is 11.6 Å². The maximum atomic E-state index is 11.0. The Morgan fingerprint density at radius 3 is 2.65 bits per heavy atom. The zero-order valence-electron chi connectivity index (χ0n) is 12.3. The summed E-state index contributed by atoms with van der Waals surface area (Å²) < 4.78 is 6.62. The molecule has 0 bridgehead atoms. The van der Waals surface area contributed by atoms with Crippen molar-refractivity contribution in [2.75, 3.05) is 13.7 Å². The Bertz CT molecular complexity index is 859. The number of aromatic nitrogens is 2. The van der Waals surface area contributed by atoms with Gasteiger partial charge in [-0.3, -0.25) is 4.79 Å². The number of fused-ring (bicyclic) bond motifs is 1. The summed E-state index contributed by atoms with van der Waals surface area (Å²) in [6, 6.07) is 12.6. The van der Waals surface area contributed by atoms with E-state index in [1.807, 2.05) is 24.3 Å². The number of ether oxygens (including phenoxy) is 1. The van der Waals surface area contributed by atoms with Crippen molar-refractivity contribution >= 4 is 28.5 Å². The second kappa shape index (κ2) is 6.18. The second-order valence-electron chi connectivity index (χ2n) is 4.83. The molecule has 0 aliphatic carbocycles. The highest BCUT2D eigenvalue weighted by Gasteiger charge is 2.15. The fourth-order valence-corrected chi connectivity index (χ4v) is 2.37. The quantitative estimate of drug-likeness (QED) is 0.778. The normalized spacial score (nSPS) is 10.7. The SMILES string of the molecule is COc1ccc(-c2nc3ccc(Cl)cc3n2OCC(N)=O)cc1. The van der Waals surface area contributed by atoms with Crippen LogP contribution >= 0.6 is 11.6 Å². The molecule has 3 rings (SSSR count). The zero-order valence-corrected chi connectivity index (χ0v) is 13.1. The van der Waals surface area contributed by atoms with Crippen molar-refractivity contribution in [2.45, 2.75) is 0 Å². The van der Waals surface area contributed by atoms with Gasteiger partial charge in [-0.15, -0.1) is 0 Å². The van der Waals surface area contributed by atoms with E-state index in [2.05, 4.69) is 4.98 Å². The monoisotopic (exact) mass is 331 g/mol. The molecule has 0 aliphatic heterocycles. The molecule has 6 nitrogen and oxygen atoms in total. The first-order valence-corrected chi connectivity index (χ1v) is 7.20. The molecule has 0 saturated carbocycles. The molecular weight excluding hydrogens is 318 g/mol. The van der Waals surface area contributed by atoms with Crippen LogP contribution in [-0.2, 0) is 4.79 Å². The van der Waals surface area contributed by atoms with Gasteiger partial charge in [0.1, 0.15) is 11.3 Å². The number of benzene rings is 2. The van der Waals surface area contributed by atoms with E-state index in [9.17, 15) is 4.79 Å². The first-order valence-electron chi connectivity index (χ1n) is 6.82. The third-order valence-electron chi connectivity index (χ3n) is 3.26. The molecule has 0 fully saturated rings. The summed E-state index contributed by atoms with van der Waals surface area (Å²) in [5, 5.41) is 0.544. The standard InChI is InChI=1S/C16H14ClN3O3/c1-22-12-5-2-10(3-6-12)16-19-13-7-4-11(17)8-14(13)20(16)23-9-15(18)21/h2-8H,9H2,1H3,(H2,18,21). The van der Waals surface area contributed by atoms with Gasteiger partial charge in [0.15, 0.2) is 12.4 Å². The van der Waals surface area contributed by atoms with E-state index in [1.54, 1.807) is 25.3 Å². The molecule has 1 amide bonds. The summed E-state index contributed by atoms with van der Waals surface area (Å²) in [5.74, 6) is 0.707. The summed E-state index contributed by atoms with van der Waals surface area (Å²) in [6.45, 7) is -0.263. The van der Waals surface area contributed by atoms with Crippen molar-refractivity contribution < 1.29 is 14.4 Å². The van der Waals surface area contributed by atoms with Crippen LogP contribution in [0, 0.1) is 0 Å².